The zero-order valence-corrected chi connectivity index (χ0v) is 13.7. The van der Waals surface area contributed by atoms with E-state index in [1.165, 1.54) is 0 Å². The molecule has 0 saturated heterocycles. The van der Waals surface area contributed by atoms with Crippen molar-refractivity contribution in [2.45, 2.75) is 32.7 Å². The van der Waals surface area contributed by atoms with Crippen LogP contribution in [-0.4, -0.2) is 62.3 Å². The number of carbonyl (C=O) groups is 1. The van der Waals surface area contributed by atoms with E-state index in [0.29, 0.717) is 22.9 Å². The van der Waals surface area contributed by atoms with Gasteiger partial charge in [-0.05, 0) is 26.7 Å². The summed E-state index contributed by atoms with van der Waals surface area (Å²) in [5.74, 6) is -0.349. The quantitative estimate of drug-likeness (QED) is 0.286. The number of likely N-dealkylation sites (N-methyl/N-ethyl adjacent to an activating group) is 1. The van der Waals surface area contributed by atoms with Crippen LogP contribution in [0.3, 0.4) is 0 Å². The summed E-state index contributed by atoms with van der Waals surface area (Å²) in [4.78, 5) is 11.5. The summed E-state index contributed by atoms with van der Waals surface area (Å²) >= 11 is 0. The van der Waals surface area contributed by atoms with Crippen LogP contribution in [0.2, 0.25) is 0 Å². The molecule has 20 heavy (non-hydrogen) atoms. The Balaban J connectivity index is 4.11. The van der Waals surface area contributed by atoms with Crippen molar-refractivity contribution >= 4 is 16.0 Å². The van der Waals surface area contributed by atoms with Gasteiger partial charge in [-0.1, -0.05) is 6.58 Å². The van der Waals surface area contributed by atoms with Crippen LogP contribution in [-0.2, 0) is 14.9 Å². The third kappa shape index (κ3) is 9.94. The van der Waals surface area contributed by atoms with E-state index in [0.717, 1.165) is 13.1 Å². The highest BCUT2D eigenvalue weighted by molar-refractivity contribution is 7.85. The molecule has 118 valence electrons. The fourth-order valence-corrected chi connectivity index (χ4v) is 2.62. The second-order valence-electron chi connectivity index (χ2n) is 5.99. The van der Waals surface area contributed by atoms with Gasteiger partial charge in [-0.3, -0.25) is 9.35 Å². The Kier molecular flexibility index (Phi) is 7.40. The molecule has 0 aromatic carbocycles. The van der Waals surface area contributed by atoms with E-state index in [4.69, 9.17) is 4.55 Å². The Labute approximate surface area is 122 Å². The maximum atomic E-state index is 11.5. The standard InChI is InChI=1S/C13H26N2O4S/c1-11(2)13(16)14-12(3)10-15(4,5)8-6-7-9-20(17,18)19/h12H,1,6-10H2,2-5H3,(H-,14,16,17,18,19)/p+1. The number of hydrogen-bond acceptors (Lipinski definition) is 3. The molecule has 0 radical (unpaired) electrons. The van der Waals surface area contributed by atoms with Crippen LogP contribution in [0.4, 0.5) is 0 Å². The van der Waals surface area contributed by atoms with Gasteiger partial charge in [0.25, 0.3) is 10.1 Å². The molecule has 0 saturated carbocycles. The van der Waals surface area contributed by atoms with E-state index < -0.39 is 10.1 Å². The van der Waals surface area contributed by atoms with Gasteiger partial charge in [0, 0.05) is 5.57 Å². The first-order valence-corrected chi connectivity index (χ1v) is 8.27. The number of rotatable bonds is 9. The average molecular weight is 307 g/mol. The molecular weight excluding hydrogens is 280 g/mol. The van der Waals surface area contributed by atoms with Crippen LogP contribution in [0.5, 0.6) is 0 Å². The van der Waals surface area contributed by atoms with E-state index in [9.17, 15) is 13.2 Å². The van der Waals surface area contributed by atoms with Gasteiger partial charge < -0.3 is 9.80 Å². The lowest BCUT2D eigenvalue weighted by Gasteiger charge is -2.32. The Morgan fingerprint density at radius 2 is 1.90 bits per heavy atom. The molecular formula is C13H27N2O4S+. The minimum absolute atomic E-state index is 0.00998. The minimum atomic E-state index is -3.86. The second-order valence-corrected chi connectivity index (χ2v) is 7.56. The van der Waals surface area contributed by atoms with Crippen molar-refractivity contribution in [3.8, 4) is 0 Å². The monoisotopic (exact) mass is 307 g/mol. The lowest BCUT2D eigenvalue weighted by molar-refractivity contribution is -0.891. The van der Waals surface area contributed by atoms with Crippen molar-refractivity contribution in [1.82, 2.24) is 5.32 Å². The number of hydrogen-bond donors (Lipinski definition) is 2. The highest BCUT2D eigenvalue weighted by atomic mass is 32.2. The smallest absolute Gasteiger partial charge is 0.264 e. The SMILES string of the molecule is C=C(C)C(=O)NC(C)C[N+](C)(C)CCCCS(=O)(=O)O. The van der Waals surface area contributed by atoms with Gasteiger partial charge >= 0.3 is 0 Å². The predicted octanol–water partition coefficient (Wildman–Crippen LogP) is 0.812. The molecule has 0 aliphatic heterocycles. The highest BCUT2D eigenvalue weighted by Crippen LogP contribution is 2.05. The summed E-state index contributed by atoms with van der Waals surface area (Å²) in [5, 5.41) is 2.86. The Morgan fingerprint density at radius 3 is 2.35 bits per heavy atom. The topological polar surface area (TPSA) is 83.5 Å². The lowest BCUT2D eigenvalue weighted by atomic mass is 10.2. The van der Waals surface area contributed by atoms with Gasteiger partial charge in [0.2, 0.25) is 5.91 Å². The largest absolute Gasteiger partial charge is 0.344 e. The molecule has 0 aromatic heterocycles. The van der Waals surface area contributed by atoms with Gasteiger partial charge in [0.15, 0.2) is 0 Å². The molecule has 0 aromatic rings. The summed E-state index contributed by atoms with van der Waals surface area (Å²) in [6.07, 6.45) is 1.14. The lowest BCUT2D eigenvalue weighted by Crippen LogP contribution is -2.50. The number of carbonyl (C=O) groups excluding carboxylic acids is 1. The number of quaternary nitrogens is 1. The van der Waals surface area contributed by atoms with Crippen LogP contribution in [0.1, 0.15) is 26.7 Å². The number of unbranched alkanes of at least 4 members (excludes halogenated alkanes) is 1. The minimum Gasteiger partial charge on any atom is -0.344 e. The molecule has 6 nitrogen and oxygen atoms in total. The molecule has 0 aliphatic carbocycles. The second kappa shape index (κ2) is 7.75. The zero-order valence-electron chi connectivity index (χ0n) is 12.8. The number of nitrogens with zero attached hydrogens (tertiary/aromatic N) is 1. The first kappa shape index (κ1) is 19.1. The van der Waals surface area contributed by atoms with Crippen molar-refractivity contribution in [3.63, 3.8) is 0 Å². The van der Waals surface area contributed by atoms with Crippen LogP contribution in [0, 0.1) is 0 Å². The Bertz CT molecular complexity index is 443. The Morgan fingerprint density at radius 1 is 1.35 bits per heavy atom. The predicted molar refractivity (Wildman–Crippen MR) is 79.9 cm³/mol. The molecule has 1 amide bonds. The van der Waals surface area contributed by atoms with Crippen LogP contribution < -0.4 is 5.32 Å². The maximum absolute atomic E-state index is 11.5. The molecule has 0 fully saturated rings. The van der Waals surface area contributed by atoms with Gasteiger partial charge in [-0.25, -0.2) is 0 Å². The van der Waals surface area contributed by atoms with Crippen molar-refractivity contribution in [1.29, 1.82) is 0 Å². The van der Waals surface area contributed by atoms with Crippen LogP contribution in [0.15, 0.2) is 12.2 Å². The van der Waals surface area contributed by atoms with E-state index in [1.54, 1.807) is 6.92 Å². The molecule has 0 heterocycles. The first-order chi connectivity index (χ1) is 8.93. The van der Waals surface area contributed by atoms with Gasteiger partial charge in [-0.2, -0.15) is 8.42 Å². The summed E-state index contributed by atoms with van der Waals surface area (Å²) in [6.45, 7) is 8.71. The zero-order chi connectivity index (χ0) is 16.0. The van der Waals surface area contributed by atoms with E-state index in [2.05, 4.69) is 11.9 Å². The fourth-order valence-electron chi connectivity index (χ4n) is 2.05. The van der Waals surface area contributed by atoms with Crippen LogP contribution in [0.25, 0.3) is 0 Å². The molecule has 0 bridgehead atoms. The summed E-state index contributed by atoms with van der Waals surface area (Å²) in [6, 6.07) is 0.00998. The Hall–Kier alpha value is -0.920. The third-order valence-electron chi connectivity index (χ3n) is 2.95. The van der Waals surface area contributed by atoms with Gasteiger partial charge in [0.05, 0.1) is 39.0 Å². The third-order valence-corrected chi connectivity index (χ3v) is 3.75. The van der Waals surface area contributed by atoms with Crippen molar-refractivity contribution in [2.24, 2.45) is 0 Å². The van der Waals surface area contributed by atoms with Crippen molar-refractivity contribution < 1.29 is 22.2 Å². The van der Waals surface area contributed by atoms with E-state index >= 15 is 0 Å². The molecule has 7 heteroatoms. The van der Waals surface area contributed by atoms with Gasteiger partial charge in [-0.15, -0.1) is 0 Å². The molecule has 1 atom stereocenters. The number of amides is 1. The van der Waals surface area contributed by atoms with E-state index in [1.807, 2.05) is 21.0 Å². The molecule has 0 spiro atoms. The maximum Gasteiger partial charge on any atom is 0.264 e. The normalized spacial score (nSPS) is 13.8. The summed E-state index contributed by atoms with van der Waals surface area (Å²) in [7, 11) is 0.185. The summed E-state index contributed by atoms with van der Waals surface area (Å²) < 4.78 is 30.6. The molecule has 0 rings (SSSR count). The molecule has 1 unspecified atom stereocenters. The van der Waals surface area contributed by atoms with Crippen LogP contribution >= 0.6 is 0 Å². The van der Waals surface area contributed by atoms with Crippen molar-refractivity contribution in [3.05, 3.63) is 12.2 Å². The fraction of sp³-hybridized carbons (Fsp3) is 0.769. The van der Waals surface area contributed by atoms with E-state index in [-0.39, 0.29) is 17.7 Å². The van der Waals surface area contributed by atoms with Crippen molar-refractivity contribution in [2.75, 3.05) is 32.9 Å². The number of nitrogens with one attached hydrogen (secondary N) is 1. The molecule has 2 N–H and O–H groups in total. The average Bonchev–Trinajstić information content (AvgIpc) is 2.22. The first-order valence-electron chi connectivity index (χ1n) is 6.66. The summed E-state index contributed by atoms with van der Waals surface area (Å²) in [5.41, 5.74) is 0.482. The molecule has 0 aliphatic rings. The highest BCUT2D eigenvalue weighted by Gasteiger charge is 2.20. The van der Waals surface area contributed by atoms with Gasteiger partial charge in [0.1, 0.15) is 0 Å².